The SMILES string of the molecule is [CH2]Cc1cnc(Cl)nc1Nc1ccccc1. The van der Waals surface area contributed by atoms with Crippen LogP contribution in [0.3, 0.4) is 0 Å². The molecule has 1 heterocycles. The van der Waals surface area contributed by atoms with Crippen LogP contribution in [0, 0.1) is 6.92 Å². The normalized spacial score (nSPS) is 10.1. The lowest BCUT2D eigenvalue weighted by Crippen LogP contribution is -2.00. The largest absolute Gasteiger partial charge is 0.340 e. The zero-order valence-corrected chi connectivity index (χ0v) is 9.41. The molecule has 0 amide bonds. The molecule has 0 bridgehead atoms. The van der Waals surface area contributed by atoms with Gasteiger partial charge < -0.3 is 5.32 Å². The van der Waals surface area contributed by atoms with E-state index >= 15 is 0 Å². The highest BCUT2D eigenvalue weighted by molar-refractivity contribution is 6.28. The molecule has 2 aromatic rings. The maximum atomic E-state index is 5.76. The summed E-state index contributed by atoms with van der Waals surface area (Å²) in [7, 11) is 0. The van der Waals surface area contributed by atoms with E-state index in [9.17, 15) is 0 Å². The zero-order valence-electron chi connectivity index (χ0n) is 8.65. The monoisotopic (exact) mass is 232 g/mol. The van der Waals surface area contributed by atoms with E-state index in [2.05, 4.69) is 22.2 Å². The van der Waals surface area contributed by atoms with Crippen LogP contribution >= 0.6 is 11.6 Å². The number of nitrogens with one attached hydrogen (secondary N) is 1. The van der Waals surface area contributed by atoms with Crippen molar-refractivity contribution in [1.29, 1.82) is 0 Å². The highest BCUT2D eigenvalue weighted by atomic mass is 35.5. The Morgan fingerprint density at radius 1 is 1.25 bits per heavy atom. The van der Waals surface area contributed by atoms with Crippen LogP contribution in [0.2, 0.25) is 5.28 Å². The van der Waals surface area contributed by atoms with E-state index in [1.165, 1.54) is 0 Å². The molecule has 0 aliphatic heterocycles. The Morgan fingerprint density at radius 3 is 2.69 bits per heavy atom. The number of nitrogens with zero attached hydrogens (tertiary/aromatic N) is 2. The first-order chi connectivity index (χ1) is 7.79. The molecular weight excluding hydrogens is 222 g/mol. The molecule has 1 aromatic heterocycles. The van der Waals surface area contributed by atoms with E-state index in [1.54, 1.807) is 6.20 Å². The van der Waals surface area contributed by atoms with Gasteiger partial charge in [0.2, 0.25) is 5.28 Å². The first-order valence-electron chi connectivity index (χ1n) is 4.92. The van der Waals surface area contributed by atoms with Crippen LogP contribution < -0.4 is 5.32 Å². The molecule has 0 atom stereocenters. The first kappa shape index (κ1) is 10.9. The van der Waals surface area contributed by atoms with Gasteiger partial charge in [-0.1, -0.05) is 18.2 Å². The van der Waals surface area contributed by atoms with Gasteiger partial charge in [0, 0.05) is 17.4 Å². The Bertz CT molecular complexity index is 471. The van der Waals surface area contributed by atoms with Crippen molar-refractivity contribution in [2.24, 2.45) is 0 Å². The topological polar surface area (TPSA) is 37.8 Å². The van der Waals surface area contributed by atoms with Gasteiger partial charge in [-0.2, -0.15) is 0 Å². The van der Waals surface area contributed by atoms with Gasteiger partial charge in [0.15, 0.2) is 0 Å². The Morgan fingerprint density at radius 2 is 2.00 bits per heavy atom. The lowest BCUT2D eigenvalue weighted by molar-refractivity contribution is 1.09. The maximum absolute atomic E-state index is 5.76. The highest BCUT2D eigenvalue weighted by Crippen LogP contribution is 2.19. The third-order valence-electron chi connectivity index (χ3n) is 2.14. The molecule has 0 aliphatic rings. The summed E-state index contributed by atoms with van der Waals surface area (Å²) in [6, 6.07) is 9.79. The second-order valence-corrected chi connectivity index (χ2v) is 3.59. The number of hydrogen-bond donors (Lipinski definition) is 1. The summed E-state index contributed by atoms with van der Waals surface area (Å²) in [6.07, 6.45) is 2.31. The van der Waals surface area contributed by atoms with Crippen LogP contribution in [-0.4, -0.2) is 9.97 Å². The van der Waals surface area contributed by atoms with Crippen molar-refractivity contribution < 1.29 is 0 Å². The van der Waals surface area contributed by atoms with Crippen LogP contribution in [0.25, 0.3) is 0 Å². The van der Waals surface area contributed by atoms with Crippen molar-refractivity contribution >= 4 is 23.1 Å². The van der Waals surface area contributed by atoms with E-state index in [1.807, 2.05) is 30.3 Å². The van der Waals surface area contributed by atoms with Gasteiger partial charge in [-0.3, -0.25) is 0 Å². The summed E-state index contributed by atoms with van der Waals surface area (Å²) in [5, 5.41) is 3.42. The van der Waals surface area contributed by atoms with Crippen LogP contribution in [0.1, 0.15) is 5.56 Å². The lowest BCUT2D eigenvalue weighted by Gasteiger charge is -2.09. The van der Waals surface area contributed by atoms with E-state index in [4.69, 9.17) is 11.6 Å². The number of rotatable bonds is 3. The first-order valence-corrected chi connectivity index (χ1v) is 5.30. The smallest absolute Gasteiger partial charge is 0.224 e. The molecule has 1 radical (unpaired) electrons. The maximum Gasteiger partial charge on any atom is 0.224 e. The van der Waals surface area contributed by atoms with Gasteiger partial charge in [-0.15, -0.1) is 0 Å². The molecule has 1 aromatic carbocycles. The summed E-state index contributed by atoms with van der Waals surface area (Å²) in [6.45, 7) is 3.82. The number of halogens is 1. The molecular formula is C12H11ClN3. The average Bonchev–Trinajstić information content (AvgIpc) is 2.31. The molecule has 1 N–H and O–H groups in total. The highest BCUT2D eigenvalue weighted by Gasteiger charge is 2.04. The zero-order chi connectivity index (χ0) is 11.4. The molecule has 0 saturated carbocycles. The molecule has 81 valence electrons. The van der Waals surface area contributed by atoms with Crippen molar-refractivity contribution in [2.45, 2.75) is 6.42 Å². The van der Waals surface area contributed by atoms with E-state index in [-0.39, 0.29) is 5.28 Å². The minimum absolute atomic E-state index is 0.232. The Hall–Kier alpha value is -1.61. The second kappa shape index (κ2) is 4.94. The minimum Gasteiger partial charge on any atom is -0.340 e. The van der Waals surface area contributed by atoms with Crippen LogP contribution in [-0.2, 0) is 6.42 Å². The fraction of sp³-hybridized carbons (Fsp3) is 0.0833. The molecule has 0 spiro atoms. The van der Waals surface area contributed by atoms with E-state index in [0.29, 0.717) is 12.2 Å². The fourth-order valence-electron chi connectivity index (χ4n) is 1.33. The summed E-state index contributed by atoms with van der Waals surface area (Å²) < 4.78 is 0. The van der Waals surface area contributed by atoms with Crippen LogP contribution in [0.15, 0.2) is 36.5 Å². The molecule has 3 nitrogen and oxygen atoms in total. The van der Waals surface area contributed by atoms with Crippen molar-refractivity contribution in [1.82, 2.24) is 9.97 Å². The van der Waals surface area contributed by atoms with Crippen LogP contribution in [0.5, 0.6) is 0 Å². The van der Waals surface area contributed by atoms with E-state index in [0.717, 1.165) is 11.3 Å². The van der Waals surface area contributed by atoms with Crippen molar-refractivity contribution in [3.05, 3.63) is 54.3 Å². The van der Waals surface area contributed by atoms with Gasteiger partial charge in [0.05, 0.1) is 0 Å². The lowest BCUT2D eigenvalue weighted by atomic mass is 10.2. The molecule has 0 saturated heterocycles. The third kappa shape index (κ3) is 2.49. The molecule has 0 unspecified atom stereocenters. The number of para-hydroxylation sites is 1. The van der Waals surface area contributed by atoms with Gasteiger partial charge in [-0.05, 0) is 37.1 Å². The average molecular weight is 233 g/mol. The predicted octanol–water partition coefficient (Wildman–Crippen LogP) is 3.25. The fourth-order valence-corrected chi connectivity index (χ4v) is 1.47. The van der Waals surface area contributed by atoms with Gasteiger partial charge >= 0.3 is 0 Å². The molecule has 0 fully saturated rings. The summed E-state index contributed by atoms with van der Waals surface area (Å²) in [5.74, 6) is 0.709. The Balaban J connectivity index is 2.30. The summed E-state index contributed by atoms with van der Waals surface area (Å²) in [5.41, 5.74) is 1.90. The Kier molecular flexibility index (Phi) is 3.37. The quantitative estimate of drug-likeness (QED) is 0.826. The molecule has 4 heteroatoms. The van der Waals surface area contributed by atoms with Crippen LogP contribution in [0.4, 0.5) is 11.5 Å². The van der Waals surface area contributed by atoms with Gasteiger partial charge in [0.1, 0.15) is 5.82 Å². The van der Waals surface area contributed by atoms with Gasteiger partial charge in [0.25, 0.3) is 0 Å². The number of hydrogen-bond acceptors (Lipinski definition) is 3. The van der Waals surface area contributed by atoms with Crippen molar-refractivity contribution in [3.8, 4) is 0 Å². The Labute approximate surface area is 99.5 Å². The summed E-state index contributed by atoms with van der Waals surface area (Å²) >= 11 is 5.76. The second-order valence-electron chi connectivity index (χ2n) is 3.25. The van der Waals surface area contributed by atoms with Crippen molar-refractivity contribution in [2.75, 3.05) is 5.32 Å². The number of benzene rings is 1. The third-order valence-corrected chi connectivity index (χ3v) is 2.32. The molecule has 16 heavy (non-hydrogen) atoms. The summed E-state index contributed by atoms with van der Waals surface area (Å²) in [4.78, 5) is 8.07. The minimum atomic E-state index is 0.232. The van der Waals surface area contributed by atoms with E-state index < -0.39 is 0 Å². The standard InChI is InChI=1S/C12H11ClN3/c1-2-9-8-14-12(13)16-11(9)15-10-6-4-3-5-7-10/h3-8H,1-2H2,(H,14,15,16). The number of anilines is 2. The number of aromatic nitrogens is 2. The molecule has 2 rings (SSSR count). The van der Waals surface area contributed by atoms with Gasteiger partial charge in [-0.25, -0.2) is 9.97 Å². The van der Waals surface area contributed by atoms with Crippen molar-refractivity contribution in [3.63, 3.8) is 0 Å². The predicted molar refractivity (Wildman–Crippen MR) is 65.8 cm³/mol. The molecule has 0 aliphatic carbocycles.